The van der Waals surface area contributed by atoms with Gasteiger partial charge >= 0.3 is 5.97 Å². The van der Waals surface area contributed by atoms with Gasteiger partial charge in [0.15, 0.2) is 0 Å². The quantitative estimate of drug-likeness (QED) is 0.798. The predicted molar refractivity (Wildman–Crippen MR) is 79.8 cm³/mol. The molecule has 0 radical (unpaired) electrons. The van der Waals surface area contributed by atoms with Crippen molar-refractivity contribution in [1.29, 1.82) is 0 Å². The number of rotatable bonds is 1. The summed E-state index contributed by atoms with van der Waals surface area (Å²) in [6, 6.07) is 8.21. The molecule has 20 heavy (non-hydrogen) atoms. The average Bonchev–Trinajstić information content (AvgIpc) is 2.74. The molecular weight excluding hydrogens is 250 g/mol. The minimum atomic E-state index is -0.430. The van der Waals surface area contributed by atoms with Crippen molar-refractivity contribution >= 4 is 16.9 Å². The molecule has 2 aromatic rings. The molecule has 1 atom stereocenters. The Morgan fingerprint density at radius 3 is 2.80 bits per heavy atom. The number of hydrogen-bond donors (Lipinski definition) is 1. The number of aryl methyl sites for hydroxylation is 1. The second-order valence-corrected chi connectivity index (χ2v) is 6.54. The van der Waals surface area contributed by atoms with Gasteiger partial charge in [0.2, 0.25) is 0 Å². The van der Waals surface area contributed by atoms with E-state index in [1.54, 1.807) is 0 Å². The Balaban J connectivity index is 2.03. The number of aromatic nitrogens is 1. The monoisotopic (exact) mass is 271 g/mol. The zero-order valence-corrected chi connectivity index (χ0v) is 12.3. The third-order valence-electron chi connectivity index (χ3n) is 3.79. The number of carbonyl (C=O) groups excluding carboxylic acids is 1. The van der Waals surface area contributed by atoms with Crippen molar-refractivity contribution in [3.05, 3.63) is 35.5 Å². The van der Waals surface area contributed by atoms with Gasteiger partial charge in [-0.25, -0.2) is 0 Å². The van der Waals surface area contributed by atoms with E-state index in [0.717, 1.165) is 35.7 Å². The lowest BCUT2D eigenvalue weighted by Crippen LogP contribution is -2.29. The van der Waals surface area contributed by atoms with Crippen LogP contribution in [0.2, 0.25) is 0 Å². The fourth-order valence-electron chi connectivity index (χ4n) is 3.05. The normalized spacial score (nSPS) is 18.9. The number of H-pyrrole nitrogens is 1. The SMILES string of the molecule is CC(C)(C)OC(=O)C1CCCc2[nH]c3ccccc3c21. The Morgan fingerprint density at radius 2 is 2.05 bits per heavy atom. The second-order valence-electron chi connectivity index (χ2n) is 6.54. The molecular formula is C17H21NO2. The minimum absolute atomic E-state index is 0.0943. The Hall–Kier alpha value is -1.77. The van der Waals surface area contributed by atoms with Crippen molar-refractivity contribution in [2.24, 2.45) is 0 Å². The first-order valence-electron chi connectivity index (χ1n) is 7.28. The average molecular weight is 271 g/mol. The number of para-hydroxylation sites is 1. The Labute approximate surface area is 119 Å². The number of nitrogens with one attached hydrogen (secondary N) is 1. The molecule has 1 unspecified atom stereocenters. The smallest absolute Gasteiger partial charge is 0.314 e. The van der Waals surface area contributed by atoms with Gasteiger partial charge in [0, 0.05) is 16.6 Å². The second kappa shape index (κ2) is 4.65. The van der Waals surface area contributed by atoms with Crippen LogP contribution in [0, 0.1) is 0 Å². The van der Waals surface area contributed by atoms with Crippen LogP contribution in [0.3, 0.4) is 0 Å². The molecule has 106 valence electrons. The summed E-state index contributed by atoms with van der Waals surface area (Å²) in [7, 11) is 0. The summed E-state index contributed by atoms with van der Waals surface area (Å²) in [5, 5.41) is 1.16. The fraction of sp³-hybridized carbons (Fsp3) is 0.471. The zero-order valence-electron chi connectivity index (χ0n) is 12.3. The highest BCUT2D eigenvalue weighted by molar-refractivity contribution is 5.91. The van der Waals surface area contributed by atoms with Crippen LogP contribution in [-0.2, 0) is 16.0 Å². The maximum Gasteiger partial charge on any atom is 0.314 e. The molecule has 1 aromatic carbocycles. The molecule has 0 fully saturated rings. The van der Waals surface area contributed by atoms with Gasteiger partial charge in [-0.2, -0.15) is 0 Å². The first kappa shape index (κ1) is 13.2. The van der Waals surface area contributed by atoms with Crippen LogP contribution < -0.4 is 0 Å². The fourth-order valence-corrected chi connectivity index (χ4v) is 3.05. The van der Waals surface area contributed by atoms with E-state index in [4.69, 9.17) is 4.74 Å². The zero-order chi connectivity index (χ0) is 14.3. The van der Waals surface area contributed by atoms with Crippen molar-refractivity contribution < 1.29 is 9.53 Å². The van der Waals surface area contributed by atoms with Crippen LogP contribution in [0.15, 0.2) is 24.3 Å². The molecule has 1 heterocycles. The van der Waals surface area contributed by atoms with E-state index >= 15 is 0 Å². The van der Waals surface area contributed by atoms with Gasteiger partial charge in [0.25, 0.3) is 0 Å². The van der Waals surface area contributed by atoms with Crippen LogP contribution in [-0.4, -0.2) is 16.6 Å². The molecule has 0 saturated heterocycles. The number of benzene rings is 1. The number of aromatic amines is 1. The molecule has 0 aliphatic heterocycles. The molecule has 1 aromatic heterocycles. The number of hydrogen-bond acceptors (Lipinski definition) is 2. The molecule has 3 nitrogen and oxygen atoms in total. The van der Waals surface area contributed by atoms with Gasteiger partial charge in [-0.15, -0.1) is 0 Å². The lowest BCUT2D eigenvalue weighted by molar-refractivity contribution is -0.157. The van der Waals surface area contributed by atoms with Crippen molar-refractivity contribution in [2.45, 2.75) is 51.6 Å². The van der Waals surface area contributed by atoms with Gasteiger partial charge in [-0.05, 0) is 51.7 Å². The highest BCUT2D eigenvalue weighted by Crippen LogP contribution is 2.38. The molecule has 0 saturated carbocycles. The first-order chi connectivity index (χ1) is 9.46. The van der Waals surface area contributed by atoms with Gasteiger partial charge in [0.1, 0.15) is 5.60 Å². The Morgan fingerprint density at radius 1 is 1.30 bits per heavy atom. The lowest BCUT2D eigenvalue weighted by atomic mass is 9.85. The summed E-state index contributed by atoms with van der Waals surface area (Å²) in [5.41, 5.74) is 3.04. The summed E-state index contributed by atoms with van der Waals surface area (Å²) >= 11 is 0. The summed E-state index contributed by atoms with van der Waals surface area (Å²) < 4.78 is 5.60. The maximum atomic E-state index is 12.5. The number of fused-ring (bicyclic) bond motifs is 3. The van der Waals surface area contributed by atoms with Crippen LogP contribution in [0.5, 0.6) is 0 Å². The third-order valence-corrected chi connectivity index (χ3v) is 3.79. The van der Waals surface area contributed by atoms with Crippen LogP contribution >= 0.6 is 0 Å². The minimum Gasteiger partial charge on any atom is -0.459 e. The summed E-state index contributed by atoms with van der Waals surface area (Å²) in [6.45, 7) is 5.76. The molecule has 0 bridgehead atoms. The molecule has 1 aliphatic rings. The van der Waals surface area contributed by atoms with Gasteiger partial charge in [0.05, 0.1) is 5.92 Å². The lowest BCUT2D eigenvalue weighted by Gasteiger charge is -2.26. The Bertz CT molecular complexity index is 649. The van der Waals surface area contributed by atoms with Gasteiger partial charge in [-0.3, -0.25) is 4.79 Å². The van der Waals surface area contributed by atoms with E-state index in [-0.39, 0.29) is 11.9 Å². The molecule has 1 aliphatic carbocycles. The third kappa shape index (κ3) is 2.33. The van der Waals surface area contributed by atoms with E-state index in [1.807, 2.05) is 32.9 Å². The number of carbonyl (C=O) groups is 1. The van der Waals surface area contributed by atoms with Crippen molar-refractivity contribution in [3.63, 3.8) is 0 Å². The van der Waals surface area contributed by atoms with Gasteiger partial charge < -0.3 is 9.72 Å². The molecule has 0 amide bonds. The molecule has 3 heteroatoms. The summed E-state index contributed by atoms with van der Waals surface area (Å²) in [5.74, 6) is -0.225. The van der Waals surface area contributed by atoms with Crippen molar-refractivity contribution in [2.75, 3.05) is 0 Å². The first-order valence-corrected chi connectivity index (χ1v) is 7.28. The Kier molecular flexibility index (Phi) is 3.08. The van der Waals surface area contributed by atoms with Crippen LogP contribution in [0.25, 0.3) is 10.9 Å². The summed E-state index contributed by atoms with van der Waals surface area (Å²) in [6.07, 6.45) is 2.93. The van der Waals surface area contributed by atoms with E-state index < -0.39 is 5.60 Å². The van der Waals surface area contributed by atoms with Crippen LogP contribution in [0.1, 0.15) is 50.8 Å². The number of ether oxygens (including phenoxy) is 1. The van der Waals surface area contributed by atoms with E-state index in [0.29, 0.717) is 0 Å². The maximum absolute atomic E-state index is 12.5. The molecule has 0 spiro atoms. The summed E-state index contributed by atoms with van der Waals surface area (Å²) in [4.78, 5) is 15.9. The van der Waals surface area contributed by atoms with Crippen molar-refractivity contribution in [1.82, 2.24) is 4.98 Å². The van der Waals surface area contributed by atoms with Crippen LogP contribution in [0.4, 0.5) is 0 Å². The predicted octanol–water partition coefficient (Wildman–Crippen LogP) is 3.93. The van der Waals surface area contributed by atoms with E-state index in [9.17, 15) is 4.79 Å². The molecule has 3 rings (SSSR count). The molecule has 1 N–H and O–H groups in total. The standard InChI is InChI=1S/C17H21NO2/c1-17(2,3)20-16(19)12-8-6-10-14-15(12)11-7-4-5-9-13(11)18-14/h4-5,7,9,12,18H,6,8,10H2,1-3H3. The largest absolute Gasteiger partial charge is 0.459 e. The van der Waals surface area contributed by atoms with E-state index in [2.05, 4.69) is 17.1 Å². The highest BCUT2D eigenvalue weighted by Gasteiger charge is 2.32. The highest BCUT2D eigenvalue weighted by atomic mass is 16.6. The van der Waals surface area contributed by atoms with Gasteiger partial charge in [-0.1, -0.05) is 18.2 Å². The van der Waals surface area contributed by atoms with E-state index in [1.165, 1.54) is 5.69 Å². The number of esters is 1. The van der Waals surface area contributed by atoms with Crippen molar-refractivity contribution in [3.8, 4) is 0 Å². The topological polar surface area (TPSA) is 42.1 Å².